The van der Waals surface area contributed by atoms with Gasteiger partial charge in [0.2, 0.25) is 5.91 Å². The van der Waals surface area contributed by atoms with Gasteiger partial charge in [-0.05, 0) is 37.5 Å². The Hall–Kier alpha value is -2.28. The number of benzene rings is 1. The summed E-state index contributed by atoms with van der Waals surface area (Å²) in [5.74, 6) is 1.15. The van der Waals surface area contributed by atoms with Crippen LogP contribution in [0.4, 0.5) is 0 Å². The van der Waals surface area contributed by atoms with E-state index >= 15 is 0 Å². The van der Waals surface area contributed by atoms with Crippen molar-refractivity contribution in [3.63, 3.8) is 0 Å². The van der Waals surface area contributed by atoms with E-state index in [-0.39, 0.29) is 17.7 Å². The molecule has 0 bridgehead atoms. The third-order valence-electron chi connectivity index (χ3n) is 5.55. The number of amides is 2. The first-order valence-electron chi connectivity index (χ1n) is 10.6. The molecular formula is C22H32N2O5. The van der Waals surface area contributed by atoms with Gasteiger partial charge in [0.15, 0.2) is 11.5 Å². The van der Waals surface area contributed by atoms with E-state index in [1.165, 1.54) is 0 Å². The van der Waals surface area contributed by atoms with Crippen LogP contribution in [0.5, 0.6) is 11.5 Å². The van der Waals surface area contributed by atoms with Gasteiger partial charge in [0.05, 0.1) is 32.8 Å². The van der Waals surface area contributed by atoms with Crippen molar-refractivity contribution < 1.29 is 23.8 Å². The van der Waals surface area contributed by atoms with Gasteiger partial charge in [0.1, 0.15) is 0 Å². The molecular weight excluding hydrogens is 372 g/mol. The SMILES string of the molecule is CCCCOc1ccc(C(=O)N2CCCC(C(=O)N3CCOCC3)C2)cc1OC. The van der Waals surface area contributed by atoms with Crippen LogP contribution in [-0.4, -0.2) is 74.7 Å². The lowest BCUT2D eigenvalue weighted by Gasteiger charge is -2.36. The summed E-state index contributed by atoms with van der Waals surface area (Å²) in [6.45, 7) is 6.33. The van der Waals surface area contributed by atoms with Crippen LogP contribution in [-0.2, 0) is 9.53 Å². The van der Waals surface area contributed by atoms with Gasteiger partial charge in [0.25, 0.3) is 5.91 Å². The maximum absolute atomic E-state index is 13.1. The van der Waals surface area contributed by atoms with Crippen LogP contribution in [0.3, 0.4) is 0 Å². The second-order valence-corrected chi connectivity index (χ2v) is 7.60. The lowest BCUT2D eigenvalue weighted by atomic mass is 9.95. The Morgan fingerprint density at radius 1 is 1.14 bits per heavy atom. The molecule has 0 saturated carbocycles. The van der Waals surface area contributed by atoms with Crippen molar-refractivity contribution in [2.75, 3.05) is 53.1 Å². The minimum Gasteiger partial charge on any atom is -0.493 e. The van der Waals surface area contributed by atoms with Crippen molar-refractivity contribution in [2.45, 2.75) is 32.6 Å². The number of carbonyl (C=O) groups is 2. The van der Waals surface area contributed by atoms with Gasteiger partial charge in [-0.15, -0.1) is 0 Å². The average molecular weight is 405 g/mol. The Morgan fingerprint density at radius 2 is 1.93 bits per heavy atom. The molecule has 2 aliphatic heterocycles. The first kappa shape index (κ1) is 21.4. The number of morpholine rings is 1. The Balaban J connectivity index is 1.65. The third kappa shape index (κ3) is 5.41. The van der Waals surface area contributed by atoms with Crippen molar-refractivity contribution in [3.05, 3.63) is 23.8 Å². The molecule has 0 aliphatic carbocycles. The number of hydrogen-bond acceptors (Lipinski definition) is 5. The molecule has 0 N–H and O–H groups in total. The maximum Gasteiger partial charge on any atom is 0.254 e. The highest BCUT2D eigenvalue weighted by atomic mass is 16.5. The smallest absolute Gasteiger partial charge is 0.254 e. The monoisotopic (exact) mass is 404 g/mol. The second-order valence-electron chi connectivity index (χ2n) is 7.60. The molecule has 1 unspecified atom stereocenters. The number of piperidine rings is 1. The lowest BCUT2D eigenvalue weighted by molar-refractivity contribution is -0.141. The molecule has 29 heavy (non-hydrogen) atoms. The van der Waals surface area contributed by atoms with E-state index in [0.717, 1.165) is 25.7 Å². The number of unbranched alkanes of at least 4 members (excludes halogenated alkanes) is 1. The molecule has 7 heteroatoms. The Kier molecular flexibility index (Phi) is 7.75. The minimum atomic E-state index is -0.135. The van der Waals surface area contributed by atoms with Crippen LogP contribution in [0.1, 0.15) is 43.0 Å². The highest BCUT2D eigenvalue weighted by molar-refractivity contribution is 5.95. The van der Waals surface area contributed by atoms with Crippen LogP contribution in [0.25, 0.3) is 0 Å². The van der Waals surface area contributed by atoms with Crippen LogP contribution in [0.2, 0.25) is 0 Å². The number of hydrogen-bond donors (Lipinski definition) is 0. The average Bonchev–Trinajstić information content (AvgIpc) is 2.79. The van der Waals surface area contributed by atoms with Crippen LogP contribution >= 0.6 is 0 Å². The molecule has 160 valence electrons. The fourth-order valence-corrected chi connectivity index (χ4v) is 3.83. The van der Waals surface area contributed by atoms with Crippen molar-refractivity contribution >= 4 is 11.8 Å². The summed E-state index contributed by atoms with van der Waals surface area (Å²) < 4.78 is 16.5. The number of ether oxygens (including phenoxy) is 3. The fourth-order valence-electron chi connectivity index (χ4n) is 3.83. The number of carbonyl (C=O) groups excluding carboxylic acids is 2. The number of rotatable bonds is 7. The molecule has 2 saturated heterocycles. The van der Waals surface area contributed by atoms with Crippen LogP contribution < -0.4 is 9.47 Å². The standard InChI is InChI=1S/C22H32N2O5/c1-3-4-12-29-19-8-7-17(15-20(19)27-2)21(25)24-9-5-6-18(16-24)22(26)23-10-13-28-14-11-23/h7-8,15,18H,3-6,9-14,16H2,1-2H3. The van der Waals surface area contributed by atoms with Crippen LogP contribution in [0, 0.1) is 5.92 Å². The molecule has 2 aliphatic rings. The summed E-state index contributed by atoms with van der Waals surface area (Å²) in [5.41, 5.74) is 0.559. The van der Waals surface area contributed by atoms with Gasteiger partial charge in [-0.3, -0.25) is 9.59 Å². The zero-order chi connectivity index (χ0) is 20.6. The first-order valence-corrected chi connectivity index (χ1v) is 10.6. The summed E-state index contributed by atoms with van der Waals surface area (Å²) in [7, 11) is 1.58. The molecule has 7 nitrogen and oxygen atoms in total. The predicted molar refractivity (Wildman–Crippen MR) is 109 cm³/mol. The highest BCUT2D eigenvalue weighted by Crippen LogP contribution is 2.30. The summed E-state index contributed by atoms with van der Waals surface area (Å²) in [6, 6.07) is 5.30. The molecule has 0 aromatic heterocycles. The lowest BCUT2D eigenvalue weighted by Crippen LogP contribution is -2.49. The van der Waals surface area contributed by atoms with Gasteiger partial charge < -0.3 is 24.0 Å². The summed E-state index contributed by atoms with van der Waals surface area (Å²) in [4.78, 5) is 29.6. The summed E-state index contributed by atoms with van der Waals surface area (Å²) >= 11 is 0. The Labute approximate surface area is 172 Å². The zero-order valence-corrected chi connectivity index (χ0v) is 17.5. The predicted octanol–water partition coefficient (Wildman–Crippen LogP) is 2.59. The summed E-state index contributed by atoms with van der Waals surface area (Å²) in [6.07, 6.45) is 3.68. The van der Waals surface area contributed by atoms with E-state index in [9.17, 15) is 9.59 Å². The van der Waals surface area contributed by atoms with Crippen molar-refractivity contribution in [1.82, 2.24) is 9.80 Å². The largest absolute Gasteiger partial charge is 0.493 e. The molecule has 0 radical (unpaired) electrons. The van der Waals surface area contributed by atoms with Gasteiger partial charge in [-0.25, -0.2) is 0 Å². The minimum absolute atomic E-state index is 0.0668. The van der Waals surface area contributed by atoms with E-state index in [1.807, 2.05) is 4.90 Å². The third-order valence-corrected chi connectivity index (χ3v) is 5.55. The van der Waals surface area contributed by atoms with E-state index in [1.54, 1.807) is 30.2 Å². The highest BCUT2D eigenvalue weighted by Gasteiger charge is 2.32. The van der Waals surface area contributed by atoms with Crippen molar-refractivity contribution in [2.24, 2.45) is 5.92 Å². The molecule has 2 fully saturated rings. The van der Waals surface area contributed by atoms with E-state index < -0.39 is 0 Å². The molecule has 2 heterocycles. The van der Waals surface area contributed by atoms with Gasteiger partial charge >= 0.3 is 0 Å². The van der Waals surface area contributed by atoms with Gasteiger partial charge in [-0.1, -0.05) is 13.3 Å². The molecule has 1 aromatic carbocycles. The van der Waals surface area contributed by atoms with Crippen molar-refractivity contribution in [1.29, 1.82) is 0 Å². The van der Waals surface area contributed by atoms with Crippen molar-refractivity contribution in [3.8, 4) is 11.5 Å². The quantitative estimate of drug-likeness (QED) is 0.654. The first-order chi connectivity index (χ1) is 14.1. The molecule has 0 spiro atoms. The molecule has 1 atom stereocenters. The normalized spacial score (nSPS) is 19.7. The van der Waals surface area contributed by atoms with Gasteiger partial charge in [0, 0.05) is 31.7 Å². The zero-order valence-electron chi connectivity index (χ0n) is 17.5. The summed E-state index contributed by atoms with van der Waals surface area (Å²) in [5, 5.41) is 0. The topological polar surface area (TPSA) is 68.3 Å². The Morgan fingerprint density at radius 3 is 2.66 bits per heavy atom. The Bertz CT molecular complexity index is 702. The van der Waals surface area contributed by atoms with E-state index in [0.29, 0.717) is 63.1 Å². The number of likely N-dealkylation sites (tertiary alicyclic amines) is 1. The molecule has 1 aromatic rings. The molecule has 2 amide bonds. The van der Waals surface area contributed by atoms with E-state index in [2.05, 4.69) is 6.92 Å². The number of methoxy groups -OCH3 is 1. The number of nitrogens with zero attached hydrogens (tertiary/aromatic N) is 2. The van der Waals surface area contributed by atoms with E-state index in [4.69, 9.17) is 14.2 Å². The fraction of sp³-hybridized carbons (Fsp3) is 0.636. The van der Waals surface area contributed by atoms with Crippen LogP contribution in [0.15, 0.2) is 18.2 Å². The molecule has 3 rings (SSSR count). The van der Waals surface area contributed by atoms with Gasteiger partial charge in [-0.2, -0.15) is 0 Å². The second kappa shape index (κ2) is 10.5. The maximum atomic E-state index is 13.1.